The van der Waals surface area contributed by atoms with Gasteiger partial charge in [-0.15, -0.1) is 0 Å². The van der Waals surface area contributed by atoms with Gasteiger partial charge in [-0.05, 0) is 101 Å². The maximum atomic E-state index is 6.75. The highest BCUT2D eigenvalue weighted by Crippen LogP contribution is 2.43. The number of hydrogen-bond acceptors (Lipinski definition) is 5. The van der Waals surface area contributed by atoms with Gasteiger partial charge in [0.05, 0.1) is 11.2 Å². The fourth-order valence-corrected chi connectivity index (χ4v) is 6.85. The van der Waals surface area contributed by atoms with Crippen molar-refractivity contribution in [2.75, 3.05) is 5.32 Å². The van der Waals surface area contributed by atoms with Crippen LogP contribution in [0.3, 0.4) is 0 Å². The van der Waals surface area contributed by atoms with Gasteiger partial charge in [-0.3, -0.25) is 4.72 Å². The Hall–Kier alpha value is -1.28. The zero-order chi connectivity index (χ0) is 24.2. The Bertz CT molecular complexity index is 1000. The summed E-state index contributed by atoms with van der Waals surface area (Å²) in [7, 11) is -1.75. The predicted molar refractivity (Wildman–Crippen MR) is 143 cm³/mol. The van der Waals surface area contributed by atoms with E-state index >= 15 is 0 Å². The SMILES string of the molecule is CC1NSc2ccc(Nc3cc([C@H]4CC[C@@H](O[Si](C)(C)C(C)(C)C)C4)nn3C(C)(C)C)cc21. The van der Waals surface area contributed by atoms with E-state index < -0.39 is 8.32 Å². The summed E-state index contributed by atoms with van der Waals surface area (Å²) in [6.45, 7) is 20.6. The topological polar surface area (TPSA) is 51.1 Å². The van der Waals surface area contributed by atoms with E-state index in [1.54, 1.807) is 11.9 Å². The van der Waals surface area contributed by atoms with E-state index in [9.17, 15) is 0 Å². The molecule has 2 aliphatic rings. The van der Waals surface area contributed by atoms with E-state index in [0.717, 1.165) is 30.8 Å². The molecular formula is C26H42N4OSSi. The van der Waals surface area contributed by atoms with Gasteiger partial charge in [-0.2, -0.15) is 5.10 Å². The Labute approximate surface area is 205 Å². The van der Waals surface area contributed by atoms with Gasteiger partial charge in [0.2, 0.25) is 0 Å². The first-order valence-corrected chi connectivity index (χ1v) is 16.1. The van der Waals surface area contributed by atoms with Crippen molar-refractivity contribution in [3.63, 3.8) is 0 Å². The molecule has 1 unspecified atom stereocenters. The molecule has 182 valence electrons. The van der Waals surface area contributed by atoms with Crippen LogP contribution in [0.15, 0.2) is 29.2 Å². The molecule has 1 aliphatic carbocycles. The van der Waals surface area contributed by atoms with E-state index in [0.29, 0.717) is 18.1 Å². The standard InChI is InChI=1S/C26H42N4OSSi/c1-17-21-15-19(11-13-23(21)32-29-17)27-24-16-22(28-30(24)25(2,3)4)18-10-12-20(14-18)31-33(8,9)26(5,6)7/h11,13,15-18,20,27,29H,10,12,14H2,1-9H3/t17?,18-,20+/m0/s1. The van der Waals surface area contributed by atoms with Crippen molar-refractivity contribution in [2.45, 2.75) is 114 Å². The molecule has 1 aliphatic heterocycles. The van der Waals surface area contributed by atoms with Crippen LogP contribution < -0.4 is 10.0 Å². The van der Waals surface area contributed by atoms with E-state index in [-0.39, 0.29) is 10.6 Å². The largest absolute Gasteiger partial charge is 0.414 e. The quantitative estimate of drug-likeness (QED) is 0.335. The van der Waals surface area contributed by atoms with Crippen LogP contribution in [0.25, 0.3) is 0 Å². The number of hydrogen-bond donors (Lipinski definition) is 2. The average molecular weight is 487 g/mol. The second kappa shape index (κ2) is 8.74. The van der Waals surface area contributed by atoms with Crippen LogP contribution in [-0.4, -0.2) is 24.2 Å². The van der Waals surface area contributed by atoms with Gasteiger partial charge in [-0.1, -0.05) is 20.8 Å². The van der Waals surface area contributed by atoms with Crippen LogP contribution in [0.5, 0.6) is 0 Å². The molecule has 33 heavy (non-hydrogen) atoms. The molecule has 2 heterocycles. The number of nitrogens with zero attached hydrogens (tertiary/aromatic N) is 2. The van der Waals surface area contributed by atoms with Crippen LogP contribution in [0, 0.1) is 0 Å². The smallest absolute Gasteiger partial charge is 0.192 e. The molecule has 0 saturated heterocycles. The van der Waals surface area contributed by atoms with Crippen molar-refractivity contribution < 1.29 is 4.43 Å². The number of benzene rings is 1. The van der Waals surface area contributed by atoms with E-state index in [2.05, 4.69) is 101 Å². The average Bonchev–Trinajstić information content (AvgIpc) is 3.40. The van der Waals surface area contributed by atoms with Gasteiger partial charge in [0.1, 0.15) is 5.82 Å². The molecule has 0 spiro atoms. The summed E-state index contributed by atoms with van der Waals surface area (Å²) in [5, 5.41) is 9.05. The minimum atomic E-state index is -1.75. The summed E-state index contributed by atoms with van der Waals surface area (Å²) < 4.78 is 12.4. The zero-order valence-corrected chi connectivity index (χ0v) is 23.7. The lowest BCUT2D eigenvalue weighted by atomic mass is 10.0. The number of anilines is 2. The molecule has 0 bridgehead atoms. The van der Waals surface area contributed by atoms with E-state index in [4.69, 9.17) is 9.52 Å². The van der Waals surface area contributed by atoms with Gasteiger partial charge in [0.15, 0.2) is 8.32 Å². The summed E-state index contributed by atoms with van der Waals surface area (Å²) in [5.41, 5.74) is 3.57. The first-order chi connectivity index (χ1) is 15.2. The lowest BCUT2D eigenvalue weighted by Gasteiger charge is -2.38. The van der Waals surface area contributed by atoms with Crippen molar-refractivity contribution in [3.05, 3.63) is 35.5 Å². The summed E-state index contributed by atoms with van der Waals surface area (Å²) in [6.07, 6.45) is 3.72. The predicted octanol–water partition coefficient (Wildman–Crippen LogP) is 7.71. The molecule has 2 aromatic rings. The molecule has 1 aromatic heterocycles. The number of nitrogens with one attached hydrogen (secondary N) is 2. The van der Waals surface area contributed by atoms with E-state index in [1.165, 1.54) is 16.2 Å². The highest BCUT2D eigenvalue weighted by molar-refractivity contribution is 7.97. The van der Waals surface area contributed by atoms with Crippen LogP contribution >= 0.6 is 11.9 Å². The molecule has 5 nitrogen and oxygen atoms in total. The molecule has 1 fully saturated rings. The number of fused-ring (bicyclic) bond motifs is 1. The Kier molecular flexibility index (Phi) is 6.57. The van der Waals surface area contributed by atoms with Crippen LogP contribution in [-0.2, 0) is 9.96 Å². The van der Waals surface area contributed by atoms with Crippen molar-refractivity contribution in [2.24, 2.45) is 0 Å². The molecule has 0 radical (unpaired) electrons. The van der Waals surface area contributed by atoms with Crippen LogP contribution in [0.4, 0.5) is 11.5 Å². The molecule has 4 rings (SSSR count). The second-order valence-corrected chi connectivity index (χ2v) is 18.0. The summed E-state index contributed by atoms with van der Waals surface area (Å²) in [4.78, 5) is 1.32. The lowest BCUT2D eigenvalue weighted by molar-refractivity contribution is 0.186. The highest BCUT2D eigenvalue weighted by atomic mass is 32.2. The second-order valence-electron chi connectivity index (χ2n) is 12.4. The van der Waals surface area contributed by atoms with Crippen molar-refractivity contribution in [1.29, 1.82) is 0 Å². The fraction of sp³-hybridized carbons (Fsp3) is 0.654. The van der Waals surface area contributed by atoms with Crippen LogP contribution in [0.1, 0.15) is 90.9 Å². The monoisotopic (exact) mass is 486 g/mol. The molecule has 3 atom stereocenters. The maximum Gasteiger partial charge on any atom is 0.192 e. The third-order valence-corrected chi connectivity index (χ3v) is 13.1. The van der Waals surface area contributed by atoms with Gasteiger partial charge in [-0.25, -0.2) is 4.68 Å². The molecule has 1 aromatic carbocycles. The van der Waals surface area contributed by atoms with Crippen molar-refractivity contribution >= 4 is 31.8 Å². The first-order valence-electron chi connectivity index (χ1n) is 12.4. The van der Waals surface area contributed by atoms with Gasteiger partial charge >= 0.3 is 0 Å². The molecule has 7 heteroatoms. The van der Waals surface area contributed by atoms with Gasteiger partial charge in [0.25, 0.3) is 0 Å². The van der Waals surface area contributed by atoms with Crippen LogP contribution in [0.2, 0.25) is 18.1 Å². The Morgan fingerprint density at radius 1 is 1.12 bits per heavy atom. The third kappa shape index (κ3) is 5.21. The van der Waals surface area contributed by atoms with Gasteiger partial charge in [0, 0.05) is 34.7 Å². The number of aromatic nitrogens is 2. The Balaban J connectivity index is 1.54. The third-order valence-electron chi connectivity index (χ3n) is 7.53. The number of rotatable bonds is 5. The Morgan fingerprint density at radius 2 is 1.85 bits per heavy atom. The maximum absolute atomic E-state index is 6.75. The first kappa shape index (κ1) is 24.8. The fourth-order valence-electron chi connectivity index (χ4n) is 4.53. The van der Waals surface area contributed by atoms with E-state index in [1.807, 2.05) is 0 Å². The summed E-state index contributed by atoms with van der Waals surface area (Å²) in [6, 6.07) is 9.28. The minimum Gasteiger partial charge on any atom is -0.414 e. The minimum absolute atomic E-state index is 0.0995. The Morgan fingerprint density at radius 3 is 2.52 bits per heavy atom. The summed E-state index contributed by atoms with van der Waals surface area (Å²) in [5.74, 6) is 1.53. The zero-order valence-electron chi connectivity index (χ0n) is 21.9. The van der Waals surface area contributed by atoms with Gasteiger partial charge < -0.3 is 9.74 Å². The molecular weight excluding hydrogens is 444 g/mol. The highest BCUT2D eigenvalue weighted by Gasteiger charge is 2.41. The molecule has 1 saturated carbocycles. The molecule has 0 amide bonds. The molecule has 2 N–H and O–H groups in total. The normalized spacial score (nSPS) is 23.7. The van der Waals surface area contributed by atoms with Crippen molar-refractivity contribution in [3.8, 4) is 0 Å². The van der Waals surface area contributed by atoms with Crippen molar-refractivity contribution in [1.82, 2.24) is 14.5 Å². The lowest BCUT2D eigenvalue weighted by Crippen LogP contribution is -2.43. The summed E-state index contributed by atoms with van der Waals surface area (Å²) >= 11 is 1.72.